The van der Waals surface area contributed by atoms with Gasteiger partial charge < -0.3 is 15.0 Å². The number of hydrogen-bond acceptors (Lipinski definition) is 3. The van der Waals surface area contributed by atoms with Gasteiger partial charge in [-0.05, 0) is 50.6 Å². The molecule has 0 unspecified atom stereocenters. The molecule has 0 aliphatic carbocycles. The van der Waals surface area contributed by atoms with E-state index in [0.717, 1.165) is 25.9 Å². The van der Waals surface area contributed by atoms with Crippen LogP contribution in [0, 0.1) is 0 Å². The Kier molecular flexibility index (Phi) is 9.07. The summed E-state index contributed by atoms with van der Waals surface area (Å²) in [6.45, 7) is 2.44. The quantitative estimate of drug-likeness (QED) is 0.762. The molecule has 1 aromatic rings. The van der Waals surface area contributed by atoms with Crippen molar-refractivity contribution in [3.63, 3.8) is 0 Å². The smallest absolute Gasteiger partial charge is 0.222 e. The summed E-state index contributed by atoms with van der Waals surface area (Å²) in [5.41, 5.74) is 0. The Morgan fingerprint density at radius 3 is 2.70 bits per heavy atom. The number of nitrogens with zero attached hydrogens (tertiary/aromatic N) is 1. The molecule has 1 aliphatic heterocycles. The number of halogens is 3. The van der Waals surface area contributed by atoms with E-state index in [4.69, 9.17) is 27.9 Å². The summed E-state index contributed by atoms with van der Waals surface area (Å²) in [6, 6.07) is 5.49. The Labute approximate surface area is 153 Å². The summed E-state index contributed by atoms with van der Waals surface area (Å²) < 4.78 is 5.60. The number of carbonyl (C=O) groups excluding carboxylic acids is 1. The standard InChI is InChI=1S/C16H22Cl2N2O2.ClH/c1-20(13-6-8-19-9-7-13)16(21)3-2-10-22-15-5-4-12(17)11-14(15)18;/h4-5,11,13,19H,2-3,6-10H2,1H3;1H. The molecule has 0 saturated carbocycles. The summed E-state index contributed by atoms with van der Waals surface area (Å²) in [5.74, 6) is 0.780. The molecule has 0 aromatic heterocycles. The number of amides is 1. The van der Waals surface area contributed by atoms with E-state index in [9.17, 15) is 4.79 Å². The van der Waals surface area contributed by atoms with Crippen LogP contribution in [0.2, 0.25) is 10.0 Å². The second kappa shape index (κ2) is 10.2. The zero-order chi connectivity index (χ0) is 15.9. The first kappa shape index (κ1) is 20.4. The summed E-state index contributed by atoms with van der Waals surface area (Å²) in [7, 11) is 1.90. The molecule has 1 N–H and O–H groups in total. The van der Waals surface area contributed by atoms with Gasteiger partial charge in [0.25, 0.3) is 0 Å². The zero-order valence-corrected chi connectivity index (χ0v) is 15.5. The minimum Gasteiger partial charge on any atom is -0.492 e. The normalized spacial score (nSPS) is 14.9. The molecule has 1 saturated heterocycles. The van der Waals surface area contributed by atoms with Gasteiger partial charge in [-0.25, -0.2) is 0 Å². The lowest BCUT2D eigenvalue weighted by Gasteiger charge is -2.31. The van der Waals surface area contributed by atoms with Crippen LogP contribution in [0.4, 0.5) is 0 Å². The molecule has 1 aromatic carbocycles. The maximum absolute atomic E-state index is 12.2. The van der Waals surface area contributed by atoms with Gasteiger partial charge in [0.2, 0.25) is 5.91 Å². The van der Waals surface area contributed by atoms with E-state index >= 15 is 0 Å². The van der Waals surface area contributed by atoms with Crippen molar-refractivity contribution in [2.75, 3.05) is 26.7 Å². The Morgan fingerprint density at radius 2 is 2.04 bits per heavy atom. The molecule has 130 valence electrons. The number of carbonyl (C=O) groups is 1. The lowest BCUT2D eigenvalue weighted by atomic mass is 10.0. The van der Waals surface area contributed by atoms with Crippen LogP contribution >= 0.6 is 35.6 Å². The van der Waals surface area contributed by atoms with Crippen LogP contribution in [0.15, 0.2) is 18.2 Å². The minimum atomic E-state index is 0. The summed E-state index contributed by atoms with van der Waals surface area (Å²) >= 11 is 11.9. The number of piperidine rings is 1. The van der Waals surface area contributed by atoms with Crippen molar-refractivity contribution in [2.45, 2.75) is 31.7 Å². The second-order valence-corrected chi connectivity index (χ2v) is 6.36. The van der Waals surface area contributed by atoms with Crippen molar-refractivity contribution < 1.29 is 9.53 Å². The maximum Gasteiger partial charge on any atom is 0.222 e. The number of benzene rings is 1. The second-order valence-electron chi connectivity index (χ2n) is 5.51. The topological polar surface area (TPSA) is 41.6 Å². The van der Waals surface area contributed by atoms with E-state index in [0.29, 0.717) is 41.3 Å². The molecule has 7 heteroatoms. The molecule has 0 radical (unpaired) electrons. The largest absolute Gasteiger partial charge is 0.492 e. The Balaban J connectivity index is 0.00000264. The van der Waals surface area contributed by atoms with Gasteiger partial charge in [0.15, 0.2) is 0 Å². The van der Waals surface area contributed by atoms with Crippen LogP contribution in [0.1, 0.15) is 25.7 Å². The molecule has 0 bridgehead atoms. The molecule has 23 heavy (non-hydrogen) atoms. The fraction of sp³-hybridized carbons (Fsp3) is 0.562. The van der Waals surface area contributed by atoms with Gasteiger partial charge in [0.05, 0.1) is 11.6 Å². The lowest BCUT2D eigenvalue weighted by molar-refractivity contribution is -0.132. The fourth-order valence-electron chi connectivity index (χ4n) is 2.57. The minimum absolute atomic E-state index is 0. The van der Waals surface area contributed by atoms with Crippen molar-refractivity contribution in [3.05, 3.63) is 28.2 Å². The number of rotatable bonds is 6. The first-order chi connectivity index (χ1) is 10.6. The van der Waals surface area contributed by atoms with Crippen LogP contribution in [0.3, 0.4) is 0 Å². The van der Waals surface area contributed by atoms with Crippen LogP contribution in [-0.4, -0.2) is 43.6 Å². The predicted octanol–water partition coefficient (Wildman–Crippen LogP) is 3.78. The highest BCUT2D eigenvalue weighted by molar-refractivity contribution is 6.35. The molecule has 4 nitrogen and oxygen atoms in total. The van der Waals surface area contributed by atoms with Gasteiger partial charge in [0.1, 0.15) is 5.75 Å². The van der Waals surface area contributed by atoms with E-state index in [1.165, 1.54) is 0 Å². The molecule has 1 fully saturated rings. The average Bonchev–Trinajstić information content (AvgIpc) is 2.53. The van der Waals surface area contributed by atoms with E-state index in [1.807, 2.05) is 11.9 Å². The molecular weight excluding hydrogens is 359 g/mol. The van der Waals surface area contributed by atoms with Gasteiger partial charge in [-0.1, -0.05) is 23.2 Å². The maximum atomic E-state index is 12.2. The van der Waals surface area contributed by atoms with E-state index in [1.54, 1.807) is 18.2 Å². The van der Waals surface area contributed by atoms with Gasteiger partial charge in [-0.15, -0.1) is 12.4 Å². The van der Waals surface area contributed by atoms with Crippen molar-refractivity contribution in [2.24, 2.45) is 0 Å². The van der Waals surface area contributed by atoms with Crippen LogP contribution in [0.25, 0.3) is 0 Å². The van der Waals surface area contributed by atoms with Crippen molar-refractivity contribution in [1.29, 1.82) is 0 Å². The third-order valence-electron chi connectivity index (χ3n) is 3.94. The predicted molar refractivity (Wildman–Crippen MR) is 97.1 cm³/mol. The first-order valence-corrected chi connectivity index (χ1v) is 8.38. The van der Waals surface area contributed by atoms with E-state index < -0.39 is 0 Å². The van der Waals surface area contributed by atoms with Crippen molar-refractivity contribution in [1.82, 2.24) is 10.2 Å². The summed E-state index contributed by atoms with van der Waals surface area (Å²) in [6.07, 6.45) is 3.22. The van der Waals surface area contributed by atoms with Crippen molar-refractivity contribution >= 4 is 41.5 Å². The van der Waals surface area contributed by atoms with E-state index in [2.05, 4.69) is 5.32 Å². The zero-order valence-electron chi connectivity index (χ0n) is 13.2. The SMILES string of the molecule is CN(C(=O)CCCOc1ccc(Cl)cc1Cl)C1CCNCC1.Cl. The Hall–Kier alpha value is -0.680. The molecule has 1 aliphatic rings. The highest BCUT2D eigenvalue weighted by atomic mass is 35.5. The van der Waals surface area contributed by atoms with Crippen LogP contribution in [0.5, 0.6) is 5.75 Å². The number of hydrogen-bond donors (Lipinski definition) is 1. The third kappa shape index (κ3) is 6.38. The molecule has 2 rings (SSSR count). The molecule has 0 spiro atoms. The monoisotopic (exact) mass is 380 g/mol. The highest BCUT2D eigenvalue weighted by Gasteiger charge is 2.21. The molecule has 1 amide bonds. The molecule has 0 atom stereocenters. The third-order valence-corrected chi connectivity index (χ3v) is 4.47. The first-order valence-electron chi connectivity index (χ1n) is 7.62. The lowest BCUT2D eigenvalue weighted by Crippen LogP contribution is -2.43. The average molecular weight is 382 g/mol. The van der Waals surface area contributed by atoms with Gasteiger partial charge >= 0.3 is 0 Å². The highest BCUT2D eigenvalue weighted by Crippen LogP contribution is 2.27. The molecule has 1 heterocycles. The van der Waals surface area contributed by atoms with Crippen LogP contribution in [-0.2, 0) is 4.79 Å². The van der Waals surface area contributed by atoms with Crippen molar-refractivity contribution in [3.8, 4) is 5.75 Å². The number of ether oxygens (including phenoxy) is 1. The summed E-state index contributed by atoms with van der Waals surface area (Å²) in [4.78, 5) is 14.1. The fourth-order valence-corrected chi connectivity index (χ4v) is 3.03. The molecular formula is C16H23Cl3N2O2. The Morgan fingerprint density at radius 1 is 1.35 bits per heavy atom. The van der Waals surface area contributed by atoms with Gasteiger partial charge in [-0.3, -0.25) is 4.79 Å². The van der Waals surface area contributed by atoms with Gasteiger partial charge in [0, 0.05) is 24.5 Å². The van der Waals surface area contributed by atoms with Crippen LogP contribution < -0.4 is 10.1 Å². The Bertz CT molecular complexity index is 508. The number of nitrogens with one attached hydrogen (secondary N) is 1. The summed E-state index contributed by atoms with van der Waals surface area (Å²) in [5, 5.41) is 4.38. The van der Waals surface area contributed by atoms with Gasteiger partial charge in [-0.2, -0.15) is 0 Å². The van der Waals surface area contributed by atoms with E-state index in [-0.39, 0.29) is 18.3 Å².